The van der Waals surface area contributed by atoms with E-state index in [4.69, 9.17) is 4.42 Å². The highest BCUT2D eigenvalue weighted by molar-refractivity contribution is 6.10. The monoisotopic (exact) mass is 456 g/mol. The minimum atomic E-state index is -0.719. The number of anilines is 1. The van der Waals surface area contributed by atoms with E-state index in [1.807, 2.05) is 6.07 Å². The molecule has 2 aromatic heterocycles. The van der Waals surface area contributed by atoms with Crippen molar-refractivity contribution < 1.29 is 19.4 Å². The second-order valence-corrected chi connectivity index (χ2v) is 7.92. The topological polar surface area (TPSA) is 130 Å². The molecule has 0 fully saturated rings. The van der Waals surface area contributed by atoms with Gasteiger partial charge < -0.3 is 19.9 Å². The van der Waals surface area contributed by atoms with Crippen LogP contribution in [0, 0.1) is 6.92 Å². The third-order valence-electron chi connectivity index (χ3n) is 5.59. The van der Waals surface area contributed by atoms with E-state index < -0.39 is 17.6 Å². The number of nitrogens with zero attached hydrogens (tertiary/aromatic N) is 3. The number of carbonyl (C=O) groups excluding carboxylic acids is 1. The number of hydrogen-bond acceptors (Lipinski definition) is 7. The molecule has 0 bridgehead atoms. The lowest BCUT2D eigenvalue weighted by atomic mass is 9.96. The van der Waals surface area contributed by atoms with Crippen LogP contribution in [0.3, 0.4) is 0 Å². The van der Waals surface area contributed by atoms with Crippen molar-refractivity contribution in [2.24, 2.45) is 4.99 Å². The van der Waals surface area contributed by atoms with Crippen LogP contribution < -0.4 is 10.9 Å². The number of nitrogens with one attached hydrogen (secondary N) is 1. The fourth-order valence-corrected chi connectivity index (χ4v) is 3.99. The summed E-state index contributed by atoms with van der Waals surface area (Å²) in [5, 5.41) is 27.5. The van der Waals surface area contributed by atoms with Crippen molar-refractivity contribution in [3.63, 3.8) is 0 Å². The van der Waals surface area contributed by atoms with Gasteiger partial charge in [0.2, 0.25) is 0 Å². The number of benzene rings is 2. The first kappa shape index (κ1) is 21.2. The van der Waals surface area contributed by atoms with E-state index in [9.17, 15) is 19.8 Å². The minimum Gasteiger partial charge on any atom is -0.508 e. The number of hydrogen-bond donors (Lipinski definition) is 3. The number of aliphatic imine (C=N–C) groups is 1. The second kappa shape index (κ2) is 8.36. The summed E-state index contributed by atoms with van der Waals surface area (Å²) in [5.74, 6) is -0.0472. The Morgan fingerprint density at radius 2 is 1.85 bits per heavy atom. The highest BCUT2D eigenvalue weighted by Crippen LogP contribution is 2.37. The molecule has 5 rings (SSSR count). The number of aromatic nitrogens is 2. The van der Waals surface area contributed by atoms with Crippen LogP contribution in [-0.2, 0) is 0 Å². The summed E-state index contributed by atoms with van der Waals surface area (Å²) in [6, 6.07) is 16.4. The van der Waals surface area contributed by atoms with Crippen LogP contribution in [0.1, 0.15) is 39.7 Å². The lowest BCUT2D eigenvalue weighted by Gasteiger charge is -2.25. The number of para-hydroxylation sites is 1. The summed E-state index contributed by atoms with van der Waals surface area (Å²) in [5.41, 5.74) is 1.09. The maximum atomic E-state index is 13.1. The number of amides is 1. The average Bonchev–Trinajstić information content (AvgIpc) is 3.23. The number of carbonyl (C=O) groups is 1. The first-order chi connectivity index (χ1) is 16.4. The average molecular weight is 456 g/mol. The third-order valence-corrected chi connectivity index (χ3v) is 5.59. The van der Waals surface area contributed by atoms with Crippen LogP contribution in [-0.4, -0.2) is 31.6 Å². The van der Waals surface area contributed by atoms with Gasteiger partial charge in [0, 0.05) is 18.2 Å². The predicted octanol–water partition coefficient (Wildman–Crippen LogP) is 3.92. The molecule has 3 heterocycles. The van der Waals surface area contributed by atoms with Gasteiger partial charge in [0.1, 0.15) is 28.4 Å². The Hall–Kier alpha value is -4.66. The molecule has 1 amide bonds. The van der Waals surface area contributed by atoms with Gasteiger partial charge in [0.25, 0.3) is 5.91 Å². The molecule has 1 aliphatic rings. The molecular weight excluding hydrogens is 436 g/mol. The Morgan fingerprint density at radius 1 is 1.12 bits per heavy atom. The Bertz CT molecular complexity index is 1470. The quantitative estimate of drug-likeness (QED) is 0.427. The predicted molar refractivity (Wildman–Crippen MR) is 125 cm³/mol. The Kier molecular flexibility index (Phi) is 5.21. The molecule has 1 aliphatic heterocycles. The minimum absolute atomic E-state index is 0.0590. The fourth-order valence-electron chi connectivity index (χ4n) is 3.99. The number of phenolic OH excluding ortho intramolecular Hbond substituents is 1. The van der Waals surface area contributed by atoms with Crippen molar-refractivity contribution in [2.45, 2.75) is 19.4 Å². The zero-order valence-electron chi connectivity index (χ0n) is 18.1. The second-order valence-electron chi connectivity index (χ2n) is 7.92. The zero-order chi connectivity index (χ0) is 23.8. The molecule has 0 radical (unpaired) electrons. The number of rotatable bonds is 4. The van der Waals surface area contributed by atoms with Crippen molar-refractivity contribution in [2.75, 3.05) is 5.32 Å². The highest BCUT2D eigenvalue weighted by atomic mass is 16.4. The fraction of sp³-hybridized carbons (Fsp3) is 0.120. The number of aryl methyl sites for hydroxylation is 1. The third kappa shape index (κ3) is 3.83. The molecule has 0 saturated carbocycles. The number of aromatic hydroxyl groups is 2. The summed E-state index contributed by atoms with van der Waals surface area (Å²) < 4.78 is 6.79. The van der Waals surface area contributed by atoms with Crippen molar-refractivity contribution >= 4 is 23.1 Å². The smallest absolute Gasteiger partial charge is 0.348 e. The largest absolute Gasteiger partial charge is 0.508 e. The lowest BCUT2D eigenvalue weighted by molar-refractivity contribution is 0.102. The molecular formula is C25H20N4O5. The molecule has 0 saturated heterocycles. The van der Waals surface area contributed by atoms with Crippen molar-refractivity contribution in [1.29, 1.82) is 0 Å². The molecule has 0 unspecified atom stereocenters. The van der Waals surface area contributed by atoms with Gasteiger partial charge in [-0.05, 0) is 36.8 Å². The van der Waals surface area contributed by atoms with E-state index in [-0.39, 0.29) is 46.3 Å². The Morgan fingerprint density at radius 3 is 2.56 bits per heavy atom. The van der Waals surface area contributed by atoms with Crippen LogP contribution in [0.5, 0.6) is 11.5 Å². The Balaban J connectivity index is 1.64. The summed E-state index contributed by atoms with van der Waals surface area (Å²) >= 11 is 0. The molecule has 4 aromatic rings. The van der Waals surface area contributed by atoms with Gasteiger partial charge >= 0.3 is 5.63 Å². The summed E-state index contributed by atoms with van der Waals surface area (Å²) in [7, 11) is 0. The van der Waals surface area contributed by atoms with Gasteiger partial charge in [0.15, 0.2) is 5.82 Å². The van der Waals surface area contributed by atoms with Crippen molar-refractivity contribution in [3.8, 4) is 11.5 Å². The summed E-state index contributed by atoms with van der Waals surface area (Å²) in [6.45, 7) is 1.56. The Labute approximate surface area is 193 Å². The van der Waals surface area contributed by atoms with Crippen LogP contribution in [0.4, 0.5) is 11.5 Å². The van der Waals surface area contributed by atoms with E-state index in [1.165, 1.54) is 12.3 Å². The van der Waals surface area contributed by atoms with Crippen molar-refractivity contribution in [1.82, 2.24) is 9.78 Å². The molecule has 3 N–H and O–H groups in total. The summed E-state index contributed by atoms with van der Waals surface area (Å²) in [6.07, 6.45) is 1.63. The number of phenols is 1. The van der Waals surface area contributed by atoms with E-state index in [0.717, 1.165) is 5.56 Å². The standard InChI is InChI=1S/C25H20N4O5/c1-14-11-21(31)22(25(33)34-14)19-12-20(15-7-9-17(30)10-8-15)29-23(28-19)18(13-26-29)24(32)27-16-5-3-2-4-6-16/h2-11,13,20,30-31H,12H2,1H3,(H,27,32)/t20-/m0/s1. The normalized spacial score (nSPS) is 14.9. The molecule has 1 atom stereocenters. The molecule has 34 heavy (non-hydrogen) atoms. The van der Waals surface area contributed by atoms with E-state index in [2.05, 4.69) is 15.4 Å². The molecule has 0 spiro atoms. The van der Waals surface area contributed by atoms with Gasteiger partial charge in [-0.2, -0.15) is 5.10 Å². The van der Waals surface area contributed by atoms with Crippen LogP contribution in [0.25, 0.3) is 0 Å². The number of fused-ring (bicyclic) bond motifs is 1. The first-order valence-corrected chi connectivity index (χ1v) is 10.5. The van der Waals surface area contributed by atoms with Crippen LogP contribution >= 0.6 is 0 Å². The van der Waals surface area contributed by atoms with E-state index >= 15 is 0 Å². The van der Waals surface area contributed by atoms with E-state index in [0.29, 0.717) is 5.69 Å². The van der Waals surface area contributed by atoms with Crippen LogP contribution in [0.2, 0.25) is 0 Å². The van der Waals surface area contributed by atoms with Gasteiger partial charge in [-0.1, -0.05) is 30.3 Å². The summed E-state index contributed by atoms with van der Waals surface area (Å²) in [4.78, 5) is 30.2. The SMILES string of the molecule is Cc1cc(O)c(C2=Nc3c(C(=O)Nc4ccccc4)cnn3[C@H](c3ccc(O)cc3)C2)c(=O)o1. The lowest BCUT2D eigenvalue weighted by Crippen LogP contribution is -2.25. The first-order valence-electron chi connectivity index (χ1n) is 10.5. The van der Waals surface area contributed by atoms with Gasteiger partial charge in [0.05, 0.1) is 18.0 Å². The van der Waals surface area contributed by atoms with Gasteiger partial charge in [-0.25, -0.2) is 14.5 Å². The molecule has 9 nitrogen and oxygen atoms in total. The molecule has 170 valence electrons. The van der Waals surface area contributed by atoms with E-state index in [1.54, 1.807) is 60.1 Å². The van der Waals surface area contributed by atoms with Gasteiger partial charge in [-0.3, -0.25) is 4.79 Å². The molecule has 0 aliphatic carbocycles. The van der Waals surface area contributed by atoms with Crippen LogP contribution in [0.15, 0.2) is 81.1 Å². The van der Waals surface area contributed by atoms with Gasteiger partial charge in [-0.15, -0.1) is 0 Å². The highest BCUT2D eigenvalue weighted by Gasteiger charge is 2.32. The molecule has 9 heteroatoms. The maximum Gasteiger partial charge on any atom is 0.348 e. The maximum absolute atomic E-state index is 13.1. The zero-order valence-corrected chi connectivity index (χ0v) is 18.1. The molecule has 2 aromatic carbocycles. The van der Waals surface area contributed by atoms with Crippen molar-refractivity contribution in [3.05, 3.63) is 99.7 Å².